The van der Waals surface area contributed by atoms with E-state index in [9.17, 15) is 4.79 Å². The van der Waals surface area contributed by atoms with E-state index in [0.717, 1.165) is 51.3 Å². The Kier molecular flexibility index (Phi) is 3.82. The smallest absolute Gasteiger partial charge is 0.303 e. The van der Waals surface area contributed by atoms with Crippen LogP contribution in [0.25, 0.3) is 0 Å². The van der Waals surface area contributed by atoms with Crippen LogP contribution in [-0.4, -0.2) is 47.2 Å². The molecule has 2 heterocycles. The van der Waals surface area contributed by atoms with Crippen molar-refractivity contribution in [2.24, 2.45) is 5.92 Å². The average Bonchev–Trinajstić information content (AvgIpc) is 2.78. The molecular formula is C14H20N4O2. The zero-order chi connectivity index (χ0) is 13.9. The minimum absolute atomic E-state index is 0.127. The number of carboxylic acids is 1. The van der Waals surface area contributed by atoms with Gasteiger partial charge in [0, 0.05) is 37.4 Å². The second kappa shape index (κ2) is 5.75. The van der Waals surface area contributed by atoms with Crippen LogP contribution >= 0.6 is 0 Å². The first-order valence-corrected chi connectivity index (χ1v) is 7.24. The summed E-state index contributed by atoms with van der Waals surface area (Å²) in [5.74, 6) is 0.417. The molecule has 0 bridgehead atoms. The molecule has 0 amide bonds. The lowest BCUT2D eigenvalue weighted by Gasteiger charge is -2.26. The number of rotatable bonds is 3. The van der Waals surface area contributed by atoms with E-state index in [2.05, 4.69) is 20.2 Å². The number of carbonyl (C=O) groups is 1. The van der Waals surface area contributed by atoms with Crippen LogP contribution in [0.3, 0.4) is 0 Å². The first-order chi connectivity index (χ1) is 9.74. The van der Waals surface area contributed by atoms with Crippen LogP contribution in [0.2, 0.25) is 0 Å². The molecule has 6 nitrogen and oxygen atoms in total. The highest BCUT2D eigenvalue weighted by atomic mass is 16.4. The lowest BCUT2D eigenvalue weighted by Crippen LogP contribution is -2.32. The molecule has 2 aliphatic rings. The highest BCUT2D eigenvalue weighted by Crippen LogP contribution is 2.28. The number of aryl methyl sites for hydroxylation is 1. The molecule has 1 aliphatic heterocycles. The summed E-state index contributed by atoms with van der Waals surface area (Å²) < 4.78 is 0. The second-order valence-electron chi connectivity index (χ2n) is 5.59. The predicted molar refractivity (Wildman–Crippen MR) is 74.9 cm³/mol. The van der Waals surface area contributed by atoms with Crippen molar-refractivity contribution < 1.29 is 9.90 Å². The third-order valence-electron chi connectivity index (χ3n) is 4.09. The molecule has 1 fully saturated rings. The molecule has 3 rings (SSSR count). The fourth-order valence-corrected chi connectivity index (χ4v) is 3.18. The fraction of sp³-hybridized carbons (Fsp3) is 0.643. The molecule has 6 heteroatoms. The molecule has 0 unspecified atom stereocenters. The van der Waals surface area contributed by atoms with Gasteiger partial charge in [0.05, 0.1) is 6.42 Å². The second-order valence-corrected chi connectivity index (χ2v) is 5.59. The maximum absolute atomic E-state index is 10.9. The molecule has 1 aromatic heterocycles. The Hall–Kier alpha value is -1.69. The zero-order valence-corrected chi connectivity index (χ0v) is 11.5. The zero-order valence-electron chi connectivity index (χ0n) is 11.5. The number of anilines is 1. The largest absolute Gasteiger partial charge is 0.481 e. The third kappa shape index (κ3) is 2.75. The van der Waals surface area contributed by atoms with Gasteiger partial charge in [0.25, 0.3) is 0 Å². The maximum Gasteiger partial charge on any atom is 0.303 e. The van der Waals surface area contributed by atoms with Gasteiger partial charge in [-0.05, 0) is 25.2 Å². The van der Waals surface area contributed by atoms with Crippen LogP contribution in [-0.2, 0) is 17.6 Å². The number of nitrogens with one attached hydrogen (secondary N) is 1. The SMILES string of the molecule is O=C(O)C[C@@H]1CNCCN(c2ncnc3c2CCC3)C1. The molecule has 1 saturated heterocycles. The van der Waals surface area contributed by atoms with Gasteiger partial charge < -0.3 is 15.3 Å². The number of aromatic nitrogens is 2. The topological polar surface area (TPSA) is 78.4 Å². The lowest BCUT2D eigenvalue weighted by molar-refractivity contribution is -0.137. The lowest BCUT2D eigenvalue weighted by atomic mass is 10.1. The van der Waals surface area contributed by atoms with Crippen LogP contribution in [0.4, 0.5) is 5.82 Å². The van der Waals surface area contributed by atoms with Crippen molar-refractivity contribution >= 4 is 11.8 Å². The summed E-state index contributed by atoms with van der Waals surface area (Å²) >= 11 is 0. The number of fused-ring (bicyclic) bond motifs is 1. The minimum Gasteiger partial charge on any atom is -0.481 e. The summed E-state index contributed by atoms with van der Waals surface area (Å²) in [7, 11) is 0. The van der Waals surface area contributed by atoms with E-state index in [4.69, 9.17) is 5.11 Å². The number of hydrogen-bond donors (Lipinski definition) is 2. The monoisotopic (exact) mass is 276 g/mol. The normalized spacial score (nSPS) is 22.4. The van der Waals surface area contributed by atoms with Crippen LogP contribution in [0, 0.1) is 5.92 Å². The van der Waals surface area contributed by atoms with Crippen LogP contribution < -0.4 is 10.2 Å². The maximum atomic E-state index is 10.9. The van der Waals surface area contributed by atoms with Crippen molar-refractivity contribution in [2.75, 3.05) is 31.1 Å². The van der Waals surface area contributed by atoms with Crippen molar-refractivity contribution in [2.45, 2.75) is 25.7 Å². The number of hydrogen-bond acceptors (Lipinski definition) is 5. The summed E-state index contributed by atoms with van der Waals surface area (Å²) in [6, 6.07) is 0. The van der Waals surface area contributed by atoms with Crippen molar-refractivity contribution in [1.82, 2.24) is 15.3 Å². The number of nitrogens with zero attached hydrogens (tertiary/aromatic N) is 3. The highest BCUT2D eigenvalue weighted by Gasteiger charge is 2.25. The number of aliphatic carboxylic acids is 1. The average molecular weight is 276 g/mol. The van der Waals surface area contributed by atoms with Crippen molar-refractivity contribution in [3.63, 3.8) is 0 Å². The van der Waals surface area contributed by atoms with Gasteiger partial charge in [-0.3, -0.25) is 4.79 Å². The minimum atomic E-state index is -0.730. The van der Waals surface area contributed by atoms with Gasteiger partial charge in [-0.25, -0.2) is 9.97 Å². The number of carboxylic acid groups (broad SMARTS) is 1. The van der Waals surface area contributed by atoms with Gasteiger partial charge in [0.15, 0.2) is 0 Å². The molecule has 2 N–H and O–H groups in total. The molecule has 0 saturated carbocycles. The quantitative estimate of drug-likeness (QED) is 0.835. The van der Waals surface area contributed by atoms with E-state index in [1.807, 2.05) is 0 Å². The summed E-state index contributed by atoms with van der Waals surface area (Å²) in [6.07, 6.45) is 5.07. The summed E-state index contributed by atoms with van der Waals surface area (Å²) in [4.78, 5) is 22.0. The fourth-order valence-electron chi connectivity index (χ4n) is 3.18. The summed E-state index contributed by atoms with van der Waals surface area (Å²) in [5.41, 5.74) is 2.44. The first kappa shape index (κ1) is 13.3. The van der Waals surface area contributed by atoms with Gasteiger partial charge in [-0.15, -0.1) is 0 Å². The van der Waals surface area contributed by atoms with Gasteiger partial charge in [0.1, 0.15) is 12.1 Å². The van der Waals surface area contributed by atoms with Gasteiger partial charge >= 0.3 is 5.97 Å². The van der Waals surface area contributed by atoms with E-state index in [1.165, 1.54) is 11.3 Å². The standard InChI is InChI=1S/C14H20N4O2/c19-13(20)6-10-7-15-4-5-18(8-10)14-11-2-1-3-12(11)16-9-17-14/h9-10,15H,1-8H2,(H,19,20)/t10-/m1/s1. The molecule has 1 aliphatic carbocycles. The first-order valence-electron chi connectivity index (χ1n) is 7.24. The summed E-state index contributed by atoms with van der Waals surface area (Å²) in [5, 5.41) is 12.3. The third-order valence-corrected chi connectivity index (χ3v) is 4.09. The van der Waals surface area contributed by atoms with Crippen LogP contribution in [0.15, 0.2) is 6.33 Å². The van der Waals surface area contributed by atoms with Gasteiger partial charge in [-0.1, -0.05) is 0 Å². The van der Waals surface area contributed by atoms with E-state index in [0.29, 0.717) is 0 Å². The van der Waals surface area contributed by atoms with Crippen molar-refractivity contribution in [1.29, 1.82) is 0 Å². The van der Waals surface area contributed by atoms with Gasteiger partial charge in [-0.2, -0.15) is 0 Å². The molecule has 1 aromatic rings. The molecule has 108 valence electrons. The Labute approximate surface area is 118 Å². The molecule has 0 aromatic carbocycles. The van der Waals surface area contributed by atoms with E-state index < -0.39 is 5.97 Å². The van der Waals surface area contributed by atoms with E-state index in [-0.39, 0.29) is 12.3 Å². The molecule has 0 spiro atoms. The Morgan fingerprint density at radius 1 is 1.45 bits per heavy atom. The Bertz CT molecular complexity index is 506. The van der Waals surface area contributed by atoms with E-state index in [1.54, 1.807) is 6.33 Å². The molecule has 20 heavy (non-hydrogen) atoms. The Balaban J connectivity index is 1.81. The van der Waals surface area contributed by atoms with Gasteiger partial charge in [0.2, 0.25) is 0 Å². The van der Waals surface area contributed by atoms with Crippen molar-refractivity contribution in [3.05, 3.63) is 17.6 Å². The Morgan fingerprint density at radius 2 is 2.35 bits per heavy atom. The Morgan fingerprint density at radius 3 is 3.20 bits per heavy atom. The molecule has 1 atom stereocenters. The molecular weight excluding hydrogens is 256 g/mol. The van der Waals surface area contributed by atoms with Crippen LogP contribution in [0.1, 0.15) is 24.1 Å². The summed E-state index contributed by atoms with van der Waals surface area (Å²) in [6.45, 7) is 3.26. The van der Waals surface area contributed by atoms with E-state index >= 15 is 0 Å². The van der Waals surface area contributed by atoms with Crippen molar-refractivity contribution in [3.8, 4) is 0 Å². The van der Waals surface area contributed by atoms with Crippen LogP contribution in [0.5, 0.6) is 0 Å². The predicted octanol–water partition coefficient (Wildman–Crippen LogP) is 0.466. The molecule has 0 radical (unpaired) electrons. The highest BCUT2D eigenvalue weighted by molar-refractivity contribution is 5.67.